The van der Waals surface area contributed by atoms with Crippen LogP contribution in [-0.2, 0) is 14.6 Å². The molecule has 0 spiro atoms. The number of aliphatic hydroxyl groups excluding tert-OH is 1. The topological polar surface area (TPSA) is 66.8 Å². The van der Waals surface area contributed by atoms with E-state index in [2.05, 4.69) is 22.6 Å². The summed E-state index contributed by atoms with van der Waals surface area (Å²) in [5.74, 6) is 0.429. The van der Waals surface area contributed by atoms with E-state index in [9.17, 15) is 13.5 Å². The van der Waals surface area contributed by atoms with Gasteiger partial charge in [-0.05, 0) is 28.7 Å². The lowest BCUT2D eigenvalue weighted by Crippen LogP contribution is -2.41. The molecule has 1 atom stereocenters. The van der Waals surface area contributed by atoms with Gasteiger partial charge in [0.05, 0.1) is 18.1 Å². The number of benzene rings is 1. The molecule has 112 valence electrons. The lowest BCUT2D eigenvalue weighted by atomic mass is 10.2. The predicted octanol–water partition coefficient (Wildman–Crippen LogP) is 1.03. The Hall–Kier alpha value is -0.220. The van der Waals surface area contributed by atoms with Crippen LogP contribution in [-0.4, -0.2) is 56.2 Å². The summed E-state index contributed by atoms with van der Waals surface area (Å²) in [7, 11) is -2.84. The minimum Gasteiger partial charge on any atom is -0.364 e. The van der Waals surface area contributed by atoms with Crippen LogP contribution in [0.15, 0.2) is 24.3 Å². The van der Waals surface area contributed by atoms with E-state index in [-0.39, 0.29) is 11.5 Å². The summed E-state index contributed by atoms with van der Waals surface area (Å²) in [6, 6.07) is 7.52. The van der Waals surface area contributed by atoms with Gasteiger partial charge in [0, 0.05) is 28.8 Å². The van der Waals surface area contributed by atoms with E-state index in [0.29, 0.717) is 26.2 Å². The quantitative estimate of drug-likeness (QED) is 0.579. The zero-order chi connectivity index (χ0) is 14.6. The van der Waals surface area contributed by atoms with Crippen LogP contribution in [0.25, 0.3) is 0 Å². The summed E-state index contributed by atoms with van der Waals surface area (Å²) in [6.45, 7) is 2.11. The fraction of sp³-hybridized carbons (Fsp3) is 0.538. The second-order valence-electron chi connectivity index (χ2n) is 4.74. The third kappa shape index (κ3) is 4.66. The molecule has 0 amide bonds. The Labute approximate surface area is 133 Å². The van der Waals surface area contributed by atoms with Gasteiger partial charge in [-0.2, -0.15) is 0 Å². The number of rotatable bonds is 5. The second-order valence-corrected chi connectivity index (χ2v) is 8.20. The zero-order valence-corrected chi connectivity index (χ0v) is 14.0. The molecule has 1 aromatic carbocycles. The average Bonchev–Trinajstić information content (AvgIpc) is 2.41. The van der Waals surface area contributed by atoms with Crippen molar-refractivity contribution in [2.45, 2.75) is 6.29 Å². The highest BCUT2D eigenvalue weighted by atomic mass is 127. The lowest BCUT2D eigenvalue weighted by Gasteiger charge is -2.26. The number of nitrogens with zero attached hydrogens (tertiary/aromatic N) is 1. The number of hydrogen-bond acceptors (Lipinski definition) is 5. The molecular formula is C13H18INO4S. The molecule has 1 saturated heterocycles. The van der Waals surface area contributed by atoms with Gasteiger partial charge in [0.1, 0.15) is 0 Å². The fourth-order valence-corrected chi connectivity index (χ4v) is 3.96. The van der Waals surface area contributed by atoms with Crippen LogP contribution in [0.5, 0.6) is 0 Å². The molecule has 0 aliphatic carbocycles. The van der Waals surface area contributed by atoms with E-state index < -0.39 is 16.1 Å². The van der Waals surface area contributed by atoms with E-state index in [0.717, 1.165) is 9.13 Å². The summed E-state index contributed by atoms with van der Waals surface area (Å²) in [5.41, 5.74) is 0.759. The largest absolute Gasteiger partial charge is 0.364 e. The average molecular weight is 411 g/mol. The van der Waals surface area contributed by atoms with Crippen molar-refractivity contribution in [3.05, 3.63) is 33.4 Å². The predicted molar refractivity (Wildman–Crippen MR) is 85.2 cm³/mol. The van der Waals surface area contributed by atoms with Gasteiger partial charge >= 0.3 is 0 Å². The number of sulfone groups is 1. The summed E-state index contributed by atoms with van der Waals surface area (Å²) in [4.78, 5) is 2.05. The smallest absolute Gasteiger partial charge is 0.182 e. The van der Waals surface area contributed by atoms with Crippen molar-refractivity contribution in [1.29, 1.82) is 0 Å². The molecule has 0 aromatic heterocycles. The first kappa shape index (κ1) is 16.2. The number of aliphatic hydroxyl groups is 1. The van der Waals surface area contributed by atoms with Crippen LogP contribution >= 0.6 is 22.6 Å². The Balaban J connectivity index is 1.75. The van der Waals surface area contributed by atoms with E-state index in [1.165, 1.54) is 0 Å². The molecule has 1 fully saturated rings. The summed E-state index contributed by atoms with van der Waals surface area (Å²) in [5, 5.41) is 9.97. The van der Waals surface area contributed by atoms with Crippen molar-refractivity contribution in [3.8, 4) is 0 Å². The van der Waals surface area contributed by atoms with Crippen molar-refractivity contribution in [2.75, 3.05) is 37.7 Å². The van der Waals surface area contributed by atoms with Crippen molar-refractivity contribution in [3.63, 3.8) is 0 Å². The number of hydrogen-bond donors (Lipinski definition) is 1. The van der Waals surface area contributed by atoms with Crippen LogP contribution in [0.3, 0.4) is 0 Å². The Morgan fingerprint density at radius 2 is 1.95 bits per heavy atom. The van der Waals surface area contributed by atoms with Gasteiger partial charge in [-0.1, -0.05) is 18.2 Å². The Morgan fingerprint density at radius 1 is 1.30 bits per heavy atom. The van der Waals surface area contributed by atoms with E-state index in [1.54, 1.807) is 0 Å². The fourth-order valence-electron chi connectivity index (χ4n) is 2.03. The lowest BCUT2D eigenvalue weighted by molar-refractivity contribution is -0.107. The molecule has 7 heteroatoms. The minimum atomic E-state index is -2.84. The maximum absolute atomic E-state index is 11.3. The van der Waals surface area contributed by atoms with Gasteiger partial charge in [-0.15, -0.1) is 0 Å². The highest BCUT2D eigenvalue weighted by Gasteiger charge is 2.21. The van der Waals surface area contributed by atoms with Crippen LogP contribution in [0.2, 0.25) is 0 Å². The molecule has 1 heterocycles. The molecule has 5 nitrogen and oxygen atoms in total. The first-order valence-electron chi connectivity index (χ1n) is 6.45. The molecule has 20 heavy (non-hydrogen) atoms. The van der Waals surface area contributed by atoms with Crippen molar-refractivity contribution >= 4 is 32.4 Å². The zero-order valence-electron chi connectivity index (χ0n) is 11.0. The molecule has 1 aromatic rings. The van der Waals surface area contributed by atoms with Crippen molar-refractivity contribution in [2.24, 2.45) is 0 Å². The molecule has 1 aliphatic heterocycles. The second kappa shape index (κ2) is 7.17. The third-order valence-corrected chi connectivity index (χ3v) is 5.88. The highest BCUT2D eigenvalue weighted by Crippen LogP contribution is 2.20. The van der Waals surface area contributed by atoms with Gasteiger partial charge in [-0.25, -0.2) is 8.42 Å². The highest BCUT2D eigenvalue weighted by molar-refractivity contribution is 14.1. The molecule has 1 unspecified atom stereocenters. The Bertz CT molecular complexity index is 535. The van der Waals surface area contributed by atoms with Gasteiger partial charge in [0.2, 0.25) is 0 Å². The minimum absolute atomic E-state index is 0.214. The summed E-state index contributed by atoms with van der Waals surface area (Å²) >= 11 is 2.16. The van der Waals surface area contributed by atoms with Gasteiger partial charge in [0.25, 0.3) is 0 Å². The van der Waals surface area contributed by atoms with Crippen LogP contribution in [0.1, 0.15) is 11.9 Å². The third-order valence-electron chi connectivity index (χ3n) is 3.29. The van der Waals surface area contributed by atoms with E-state index in [1.807, 2.05) is 29.2 Å². The molecule has 0 radical (unpaired) electrons. The summed E-state index contributed by atoms with van der Waals surface area (Å²) in [6.07, 6.45) is -0.934. The summed E-state index contributed by atoms with van der Waals surface area (Å²) < 4.78 is 29.0. The molecule has 0 saturated carbocycles. The standard InChI is InChI=1S/C13H18INO4S/c14-12-4-2-1-3-11(12)13(16)19-8-5-15-6-9-20(17,18)10-7-15/h1-4,13,16H,5-10H2. The maximum Gasteiger partial charge on any atom is 0.182 e. The molecular weight excluding hydrogens is 393 g/mol. The monoisotopic (exact) mass is 411 g/mol. The first-order chi connectivity index (χ1) is 9.48. The molecule has 1 N–H and O–H groups in total. The van der Waals surface area contributed by atoms with Gasteiger partial charge in [0.15, 0.2) is 16.1 Å². The molecule has 1 aliphatic rings. The van der Waals surface area contributed by atoms with E-state index in [4.69, 9.17) is 4.74 Å². The van der Waals surface area contributed by atoms with Crippen LogP contribution in [0.4, 0.5) is 0 Å². The maximum atomic E-state index is 11.3. The normalized spacial score (nSPS) is 20.7. The number of halogens is 1. The van der Waals surface area contributed by atoms with Crippen LogP contribution in [0, 0.1) is 3.57 Å². The first-order valence-corrected chi connectivity index (χ1v) is 9.35. The molecule has 2 rings (SSSR count). The van der Waals surface area contributed by atoms with E-state index >= 15 is 0 Å². The number of ether oxygens (including phenoxy) is 1. The van der Waals surface area contributed by atoms with Crippen molar-refractivity contribution < 1.29 is 18.3 Å². The van der Waals surface area contributed by atoms with Crippen molar-refractivity contribution in [1.82, 2.24) is 4.90 Å². The van der Waals surface area contributed by atoms with Crippen LogP contribution < -0.4 is 0 Å². The SMILES string of the molecule is O=S1(=O)CCN(CCOC(O)c2ccccc2I)CC1. The molecule has 0 bridgehead atoms. The van der Waals surface area contributed by atoms with Gasteiger partial charge in [-0.3, -0.25) is 4.90 Å². The Morgan fingerprint density at radius 3 is 2.60 bits per heavy atom. The Kier molecular flexibility index (Phi) is 5.79. The van der Waals surface area contributed by atoms with Gasteiger partial charge < -0.3 is 9.84 Å².